The van der Waals surface area contributed by atoms with E-state index in [2.05, 4.69) is 40.4 Å². The lowest BCUT2D eigenvalue weighted by Gasteiger charge is -2.19. The molecule has 1 aliphatic rings. The van der Waals surface area contributed by atoms with Gasteiger partial charge < -0.3 is 19.9 Å². The molecular formula is C29H43N5O. The molecule has 3 aromatic rings. The van der Waals surface area contributed by atoms with Crippen LogP contribution in [0.5, 0.6) is 0 Å². The van der Waals surface area contributed by atoms with Gasteiger partial charge in [-0.3, -0.25) is 0 Å². The summed E-state index contributed by atoms with van der Waals surface area (Å²) in [5.74, 6) is 1.44. The highest BCUT2D eigenvalue weighted by molar-refractivity contribution is 5.89. The van der Waals surface area contributed by atoms with E-state index in [0.29, 0.717) is 19.2 Å². The molecule has 1 fully saturated rings. The van der Waals surface area contributed by atoms with Crippen LogP contribution in [0.15, 0.2) is 30.3 Å². The van der Waals surface area contributed by atoms with Gasteiger partial charge in [-0.05, 0) is 76.2 Å². The molecule has 1 aromatic carbocycles. The number of aromatic nitrogens is 3. The number of hydrogen-bond donors (Lipinski definition) is 1. The number of aryl methyl sites for hydroxylation is 2. The van der Waals surface area contributed by atoms with E-state index in [9.17, 15) is 0 Å². The van der Waals surface area contributed by atoms with Crippen LogP contribution < -0.4 is 5.73 Å². The molecular weight excluding hydrogens is 434 g/mol. The number of likely N-dealkylation sites (tertiary alicyclic amines) is 1. The number of hydrogen-bond acceptors (Lipinski definition) is 5. The van der Waals surface area contributed by atoms with Gasteiger partial charge in [0.25, 0.3) is 0 Å². The van der Waals surface area contributed by atoms with Gasteiger partial charge in [0.1, 0.15) is 18.1 Å². The third kappa shape index (κ3) is 6.83. The Labute approximate surface area is 210 Å². The first-order chi connectivity index (χ1) is 17.2. The summed E-state index contributed by atoms with van der Waals surface area (Å²) < 4.78 is 8.30. The lowest BCUT2D eigenvalue weighted by atomic mass is 10.1. The highest BCUT2D eigenvalue weighted by Crippen LogP contribution is 2.30. The molecule has 0 amide bonds. The van der Waals surface area contributed by atoms with Crippen molar-refractivity contribution < 1.29 is 4.74 Å². The van der Waals surface area contributed by atoms with Crippen molar-refractivity contribution in [2.24, 2.45) is 0 Å². The third-order valence-electron chi connectivity index (χ3n) is 7.29. The fourth-order valence-electron chi connectivity index (χ4n) is 5.23. The molecule has 3 heterocycles. The van der Waals surface area contributed by atoms with Gasteiger partial charge in [-0.2, -0.15) is 0 Å². The van der Waals surface area contributed by atoms with Crippen molar-refractivity contribution in [3.05, 3.63) is 53.0 Å². The molecule has 190 valence electrons. The van der Waals surface area contributed by atoms with Crippen molar-refractivity contribution >= 4 is 16.9 Å². The summed E-state index contributed by atoms with van der Waals surface area (Å²) in [6.07, 6.45) is 12.0. The molecule has 0 spiro atoms. The normalized spacial score (nSPS) is 15.0. The molecule has 2 aromatic heterocycles. The number of unbranched alkanes of at least 4 members (excludes halogenated alkanes) is 2. The van der Waals surface area contributed by atoms with E-state index in [4.69, 9.17) is 15.5 Å². The molecule has 4 rings (SSSR count). The van der Waals surface area contributed by atoms with Crippen LogP contribution in [0.1, 0.15) is 80.9 Å². The number of nitrogen functional groups attached to an aromatic ring is 1. The maximum absolute atomic E-state index is 6.53. The second kappa shape index (κ2) is 13.0. The van der Waals surface area contributed by atoms with Crippen molar-refractivity contribution in [3.8, 4) is 0 Å². The predicted molar refractivity (Wildman–Crippen MR) is 144 cm³/mol. The SMILES string of the molecule is CCCCc1nc(N)c2c(n1)c(CCCCN1CCCCCC1)c(C)n2COCc1ccccc1. The fraction of sp³-hybridized carbons (Fsp3) is 0.586. The van der Waals surface area contributed by atoms with Crippen molar-refractivity contribution in [1.29, 1.82) is 0 Å². The molecule has 0 aliphatic carbocycles. The van der Waals surface area contributed by atoms with Crippen LogP contribution in [-0.2, 0) is 30.9 Å². The Balaban J connectivity index is 1.50. The van der Waals surface area contributed by atoms with E-state index in [1.807, 2.05) is 18.2 Å². The summed E-state index contributed by atoms with van der Waals surface area (Å²) in [6, 6.07) is 10.3. The van der Waals surface area contributed by atoms with Crippen LogP contribution in [0.4, 0.5) is 5.82 Å². The molecule has 1 aliphatic heterocycles. The molecule has 35 heavy (non-hydrogen) atoms. The number of anilines is 1. The molecule has 2 N–H and O–H groups in total. The molecule has 1 saturated heterocycles. The molecule has 0 unspecified atom stereocenters. The summed E-state index contributed by atoms with van der Waals surface area (Å²) in [7, 11) is 0. The average Bonchev–Trinajstić information content (AvgIpc) is 3.01. The van der Waals surface area contributed by atoms with Gasteiger partial charge in [-0.1, -0.05) is 56.5 Å². The number of nitrogens with zero attached hydrogens (tertiary/aromatic N) is 4. The summed E-state index contributed by atoms with van der Waals surface area (Å²) in [5.41, 5.74) is 12.2. The van der Waals surface area contributed by atoms with Gasteiger partial charge in [0.05, 0.1) is 12.1 Å². The number of fused-ring (bicyclic) bond motifs is 1. The minimum absolute atomic E-state index is 0.451. The lowest BCUT2D eigenvalue weighted by Crippen LogP contribution is -2.25. The number of rotatable bonds is 12. The first-order valence-electron chi connectivity index (χ1n) is 13.7. The van der Waals surface area contributed by atoms with Gasteiger partial charge in [-0.25, -0.2) is 9.97 Å². The zero-order chi connectivity index (χ0) is 24.5. The maximum Gasteiger partial charge on any atom is 0.151 e. The molecule has 6 heteroatoms. The first-order valence-corrected chi connectivity index (χ1v) is 13.7. The van der Waals surface area contributed by atoms with E-state index >= 15 is 0 Å². The standard InChI is InChI=1S/C29H43N5O/c1-3-4-17-26-31-27-25(16-10-13-20-33-18-11-5-6-12-19-33)23(2)34(28(27)29(30)32-26)22-35-21-24-14-8-7-9-15-24/h7-9,14-15H,3-6,10-13,16-22H2,1-2H3,(H2,30,31,32). The predicted octanol–water partition coefficient (Wildman–Crippen LogP) is 6.04. The second-order valence-electron chi connectivity index (χ2n) is 9.99. The summed E-state index contributed by atoms with van der Waals surface area (Å²) in [4.78, 5) is 12.4. The lowest BCUT2D eigenvalue weighted by molar-refractivity contribution is 0.0656. The smallest absolute Gasteiger partial charge is 0.151 e. The van der Waals surface area contributed by atoms with Crippen LogP contribution in [0.25, 0.3) is 11.0 Å². The van der Waals surface area contributed by atoms with Gasteiger partial charge >= 0.3 is 0 Å². The summed E-state index contributed by atoms with van der Waals surface area (Å²) >= 11 is 0. The Morgan fingerprint density at radius 1 is 0.943 bits per heavy atom. The van der Waals surface area contributed by atoms with Gasteiger partial charge in [0.15, 0.2) is 5.82 Å². The van der Waals surface area contributed by atoms with Crippen LogP contribution >= 0.6 is 0 Å². The van der Waals surface area contributed by atoms with Gasteiger partial charge in [0, 0.05) is 12.1 Å². The number of ether oxygens (including phenoxy) is 1. The molecule has 0 radical (unpaired) electrons. The monoisotopic (exact) mass is 477 g/mol. The average molecular weight is 478 g/mol. The quantitative estimate of drug-likeness (QED) is 0.322. The Hall–Kier alpha value is -2.44. The van der Waals surface area contributed by atoms with E-state index in [0.717, 1.165) is 49.0 Å². The zero-order valence-electron chi connectivity index (χ0n) is 21.8. The van der Waals surface area contributed by atoms with Gasteiger partial charge in [0.2, 0.25) is 0 Å². The summed E-state index contributed by atoms with van der Waals surface area (Å²) in [5, 5.41) is 0. The zero-order valence-corrected chi connectivity index (χ0v) is 21.8. The molecule has 0 saturated carbocycles. The number of nitrogens with two attached hydrogens (primary N) is 1. The largest absolute Gasteiger partial charge is 0.382 e. The first kappa shape index (κ1) is 25.6. The molecule has 0 bridgehead atoms. The molecule has 0 atom stereocenters. The van der Waals surface area contributed by atoms with E-state index in [-0.39, 0.29) is 0 Å². The van der Waals surface area contributed by atoms with E-state index in [1.54, 1.807) is 0 Å². The van der Waals surface area contributed by atoms with Gasteiger partial charge in [-0.15, -0.1) is 0 Å². The van der Waals surface area contributed by atoms with E-state index in [1.165, 1.54) is 68.6 Å². The van der Waals surface area contributed by atoms with Crippen molar-refractivity contribution in [2.75, 3.05) is 25.4 Å². The van der Waals surface area contributed by atoms with Crippen LogP contribution in [0, 0.1) is 6.92 Å². The summed E-state index contributed by atoms with van der Waals surface area (Å²) in [6.45, 7) is 9.14. The van der Waals surface area contributed by atoms with Crippen LogP contribution in [0.2, 0.25) is 0 Å². The Morgan fingerprint density at radius 3 is 2.46 bits per heavy atom. The van der Waals surface area contributed by atoms with Crippen molar-refractivity contribution in [2.45, 2.75) is 91.4 Å². The van der Waals surface area contributed by atoms with Crippen LogP contribution in [0.3, 0.4) is 0 Å². The molecule has 6 nitrogen and oxygen atoms in total. The minimum atomic E-state index is 0.451. The Morgan fingerprint density at radius 2 is 1.71 bits per heavy atom. The van der Waals surface area contributed by atoms with Crippen LogP contribution in [-0.4, -0.2) is 39.1 Å². The second-order valence-corrected chi connectivity index (χ2v) is 9.99. The third-order valence-corrected chi connectivity index (χ3v) is 7.29. The highest BCUT2D eigenvalue weighted by atomic mass is 16.5. The Bertz CT molecular complexity index is 1050. The highest BCUT2D eigenvalue weighted by Gasteiger charge is 2.20. The fourth-order valence-corrected chi connectivity index (χ4v) is 5.23. The van der Waals surface area contributed by atoms with Crippen molar-refractivity contribution in [3.63, 3.8) is 0 Å². The minimum Gasteiger partial charge on any atom is -0.382 e. The topological polar surface area (TPSA) is 69.2 Å². The van der Waals surface area contributed by atoms with E-state index < -0.39 is 0 Å². The Kier molecular flexibility index (Phi) is 9.55. The van der Waals surface area contributed by atoms with Crippen molar-refractivity contribution in [1.82, 2.24) is 19.4 Å². The number of benzene rings is 1. The maximum atomic E-state index is 6.53.